The molecule has 0 saturated heterocycles. The summed E-state index contributed by atoms with van der Waals surface area (Å²) in [4.78, 5) is 0. The Morgan fingerprint density at radius 3 is 2.48 bits per heavy atom. The Bertz CT molecular complexity index is 676. The van der Waals surface area contributed by atoms with Crippen molar-refractivity contribution in [1.29, 1.82) is 0 Å². The van der Waals surface area contributed by atoms with E-state index in [0.29, 0.717) is 23.7 Å². The molecule has 3 saturated carbocycles. The van der Waals surface area contributed by atoms with Crippen LogP contribution in [0.5, 0.6) is 0 Å². The van der Waals surface area contributed by atoms with Gasteiger partial charge in [-0.1, -0.05) is 77.2 Å². The lowest BCUT2D eigenvalue weighted by atomic mass is 9.49. The second kappa shape index (κ2) is 7.83. The van der Waals surface area contributed by atoms with Gasteiger partial charge in [0.25, 0.3) is 0 Å². The van der Waals surface area contributed by atoms with Crippen LogP contribution in [0.15, 0.2) is 23.3 Å². The van der Waals surface area contributed by atoms with E-state index in [-0.39, 0.29) is 11.5 Å². The third-order valence-corrected chi connectivity index (χ3v) is 9.85. The minimum absolute atomic E-state index is 0.161. The number of hydrogen-bond donors (Lipinski definition) is 2. The fourth-order valence-electron chi connectivity index (χ4n) is 8.07. The first-order valence-corrected chi connectivity index (χ1v) is 12.4. The topological polar surface area (TPSA) is 40.5 Å². The Labute approximate surface area is 178 Å². The summed E-state index contributed by atoms with van der Waals surface area (Å²) in [7, 11) is 0. The molecule has 8 atom stereocenters. The van der Waals surface area contributed by atoms with Crippen molar-refractivity contribution in [3.8, 4) is 0 Å². The number of rotatable bonds is 5. The van der Waals surface area contributed by atoms with Crippen molar-refractivity contribution in [1.82, 2.24) is 0 Å². The number of aliphatic hydroxyl groups is 2. The van der Waals surface area contributed by atoms with Gasteiger partial charge in [0, 0.05) is 11.8 Å². The summed E-state index contributed by atoms with van der Waals surface area (Å²) in [6.45, 7) is 12.1. The zero-order valence-corrected chi connectivity index (χ0v) is 19.5. The first-order valence-electron chi connectivity index (χ1n) is 12.4. The van der Waals surface area contributed by atoms with E-state index in [9.17, 15) is 10.2 Å². The molecule has 0 spiro atoms. The molecular weight excluding hydrogens is 356 g/mol. The van der Waals surface area contributed by atoms with Gasteiger partial charge >= 0.3 is 0 Å². The Morgan fingerprint density at radius 2 is 1.76 bits per heavy atom. The Kier molecular flexibility index (Phi) is 5.84. The van der Waals surface area contributed by atoms with Crippen LogP contribution in [0.4, 0.5) is 0 Å². The third kappa shape index (κ3) is 3.47. The lowest BCUT2D eigenvalue weighted by Gasteiger charge is -2.56. The van der Waals surface area contributed by atoms with Crippen molar-refractivity contribution < 1.29 is 10.2 Å². The molecule has 2 N–H and O–H groups in total. The van der Waals surface area contributed by atoms with E-state index in [1.165, 1.54) is 50.5 Å². The summed E-state index contributed by atoms with van der Waals surface area (Å²) in [6.07, 6.45) is 14.5. The lowest BCUT2D eigenvalue weighted by molar-refractivity contribution is -0.0544. The van der Waals surface area contributed by atoms with Gasteiger partial charge in [-0.25, -0.2) is 0 Å². The fourth-order valence-corrected chi connectivity index (χ4v) is 8.07. The van der Waals surface area contributed by atoms with Crippen LogP contribution in [0.25, 0.3) is 0 Å². The highest BCUT2D eigenvalue weighted by atomic mass is 16.3. The molecule has 0 aromatic carbocycles. The monoisotopic (exact) mass is 400 g/mol. The highest BCUT2D eigenvalue weighted by molar-refractivity contribution is 5.40. The summed E-state index contributed by atoms with van der Waals surface area (Å²) >= 11 is 0. The van der Waals surface area contributed by atoms with Crippen molar-refractivity contribution in [2.45, 2.75) is 105 Å². The zero-order chi connectivity index (χ0) is 21.0. The predicted octanol–water partition coefficient (Wildman–Crippen LogP) is 6.28. The van der Waals surface area contributed by atoms with Crippen LogP contribution in [0.2, 0.25) is 0 Å². The van der Waals surface area contributed by atoms with Gasteiger partial charge in [0.1, 0.15) is 0 Å². The summed E-state index contributed by atoms with van der Waals surface area (Å²) in [6, 6.07) is 0. The minimum atomic E-state index is -0.414. The highest BCUT2D eigenvalue weighted by Crippen LogP contribution is 2.66. The number of allylic oxidation sites excluding steroid dienone is 3. The van der Waals surface area contributed by atoms with Gasteiger partial charge in [-0.2, -0.15) is 0 Å². The molecular formula is C27H44O2. The van der Waals surface area contributed by atoms with E-state index in [0.717, 1.165) is 24.2 Å². The minimum Gasteiger partial charge on any atom is -0.393 e. The number of aliphatic hydroxyl groups excluding tert-OH is 2. The Hall–Kier alpha value is -0.600. The Morgan fingerprint density at radius 1 is 1.00 bits per heavy atom. The van der Waals surface area contributed by atoms with Gasteiger partial charge in [-0.15, -0.1) is 0 Å². The first kappa shape index (κ1) is 21.6. The van der Waals surface area contributed by atoms with Crippen molar-refractivity contribution in [2.75, 3.05) is 0 Å². The van der Waals surface area contributed by atoms with E-state index in [2.05, 4.69) is 46.8 Å². The molecule has 0 unspecified atom stereocenters. The maximum atomic E-state index is 11.0. The van der Waals surface area contributed by atoms with Gasteiger partial charge in [-0.05, 0) is 67.1 Å². The molecule has 29 heavy (non-hydrogen) atoms. The van der Waals surface area contributed by atoms with Crippen LogP contribution >= 0.6 is 0 Å². The molecule has 4 aliphatic carbocycles. The van der Waals surface area contributed by atoms with Crippen LogP contribution in [0.3, 0.4) is 0 Å². The summed E-state index contributed by atoms with van der Waals surface area (Å²) in [5, 5.41) is 21.2. The third-order valence-electron chi connectivity index (χ3n) is 9.85. The van der Waals surface area contributed by atoms with Crippen LogP contribution in [-0.2, 0) is 0 Å². The number of hydrogen-bond acceptors (Lipinski definition) is 2. The molecule has 0 bridgehead atoms. The van der Waals surface area contributed by atoms with Gasteiger partial charge in [0.05, 0.1) is 12.2 Å². The van der Waals surface area contributed by atoms with Crippen LogP contribution in [0, 0.1) is 40.4 Å². The molecule has 3 fully saturated rings. The quantitative estimate of drug-likeness (QED) is 0.570. The second-order valence-electron chi connectivity index (χ2n) is 11.9. The van der Waals surface area contributed by atoms with Gasteiger partial charge in [0.15, 0.2) is 0 Å². The lowest BCUT2D eigenvalue weighted by Crippen LogP contribution is -2.52. The van der Waals surface area contributed by atoms with E-state index >= 15 is 0 Å². The molecule has 0 aromatic rings. The van der Waals surface area contributed by atoms with Crippen molar-refractivity contribution in [3.05, 3.63) is 23.3 Å². The smallest absolute Gasteiger partial charge is 0.0661 e. The van der Waals surface area contributed by atoms with Crippen molar-refractivity contribution in [3.63, 3.8) is 0 Å². The molecule has 4 aliphatic rings. The fraction of sp³-hybridized carbons (Fsp3) is 0.852. The zero-order valence-electron chi connectivity index (χ0n) is 19.5. The molecule has 2 heteroatoms. The van der Waals surface area contributed by atoms with Gasteiger partial charge in [-0.3, -0.25) is 0 Å². The largest absolute Gasteiger partial charge is 0.393 e. The summed E-state index contributed by atoms with van der Waals surface area (Å²) < 4.78 is 0. The standard InChI is InChI=1S/C27H44O2/c1-17(2)7-6-8-18(3)22-11-12-23-21-10-9-19-15-20(28)16-25(29)27(19,5)24(21)13-14-26(22,23)4/h9-10,17-18,20,22-25,28-29H,6-8,11-16H2,1-5H3/t18-,20+,22+,23-,24-,25-,26+,27-/m0/s1. The van der Waals surface area contributed by atoms with Crippen LogP contribution in [-0.4, -0.2) is 22.4 Å². The molecule has 164 valence electrons. The van der Waals surface area contributed by atoms with E-state index in [1.54, 1.807) is 5.57 Å². The molecule has 0 amide bonds. The predicted molar refractivity (Wildman–Crippen MR) is 120 cm³/mol. The normalized spacial score (nSPS) is 45.2. The maximum absolute atomic E-state index is 11.0. The summed E-state index contributed by atoms with van der Waals surface area (Å²) in [5.41, 5.74) is 3.20. The van der Waals surface area contributed by atoms with Crippen LogP contribution in [0.1, 0.15) is 92.4 Å². The molecule has 0 radical (unpaired) electrons. The summed E-state index contributed by atoms with van der Waals surface area (Å²) in [5.74, 6) is 3.64. The van der Waals surface area contributed by atoms with E-state index < -0.39 is 6.10 Å². The average molecular weight is 401 g/mol. The Balaban J connectivity index is 1.55. The van der Waals surface area contributed by atoms with E-state index in [4.69, 9.17) is 0 Å². The maximum Gasteiger partial charge on any atom is 0.0661 e. The van der Waals surface area contributed by atoms with Crippen molar-refractivity contribution >= 4 is 0 Å². The molecule has 2 nitrogen and oxygen atoms in total. The molecule has 0 aliphatic heterocycles. The van der Waals surface area contributed by atoms with E-state index in [1.807, 2.05) is 0 Å². The number of fused-ring (bicyclic) bond motifs is 5. The average Bonchev–Trinajstić information content (AvgIpc) is 3.00. The molecule has 0 aromatic heterocycles. The second-order valence-corrected chi connectivity index (χ2v) is 11.9. The molecule has 4 rings (SSSR count). The molecule has 0 heterocycles. The highest BCUT2D eigenvalue weighted by Gasteiger charge is 2.58. The first-order chi connectivity index (χ1) is 13.7. The SMILES string of the molecule is CC(C)CCC[C@H](C)[C@H]1CC[C@H]2C3=CC=C4C[C@@H](O)C[C@H](O)[C@]4(C)[C@H]3CC[C@]12C. The van der Waals surface area contributed by atoms with Gasteiger partial charge in [0.2, 0.25) is 0 Å². The van der Waals surface area contributed by atoms with Crippen LogP contribution < -0.4 is 0 Å². The van der Waals surface area contributed by atoms with Gasteiger partial charge < -0.3 is 10.2 Å². The van der Waals surface area contributed by atoms with Crippen molar-refractivity contribution in [2.24, 2.45) is 40.4 Å².